The van der Waals surface area contributed by atoms with Crippen molar-refractivity contribution in [2.24, 2.45) is 0 Å². The summed E-state index contributed by atoms with van der Waals surface area (Å²) in [6.07, 6.45) is 0.166. The van der Waals surface area contributed by atoms with Crippen LogP contribution in [0.25, 0.3) is 0 Å². The van der Waals surface area contributed by atoms with E-state index in [1.165, 1.54) is 16.9 Å². The van der Waals surface area contributed by atoms with Gasteiger partial charge in [0.05, 0.1) is 10.4 Å². The highest BCUT2D eigenvalue weighted by Gasteiger charge is 2.10. The Morgan fingerprint density at radius 3 is 2.17 bits per heavy atom. The number of aliphatic hydroxyl groups excluding tert-OH is 1. The molecule has 3 heteroatoms. The summed E-state index contributed by atoms with van der Waals surface area (Å²) < 4.78 is 0.771. The van der Waals surface area contributed by atoms with E-state index in [2.05, 4.69) is 26.0 Å². The lowest BCUT2D eigenvalue weighted by molar-refractivity contribution is 0.179. The SMILES string of the molecule is CC(C)c1ccc(C(O)Cc2ccc(Cl)s2)cc1. The zero-order chi connectivity index (χ0) is 13.1. The van der Waals surface area contributed by atoms with E-state index in [4.69, 9.17) is 11.6 Å². The number of aliphatic hydroxyl groups is 1. The third-order valence-electron chi connectivity index (χ3n) is 3.01. The van der Waals surface area contributed by atoms with Crippen LogP contribution in [0, 0.1) is 0 Å². The van der Waals surface area contributed by atoms with Crippen LogP contribution >= 0.6 is 22.9 Å². The fourth-order valence-electron chi connectivity index (χ4n) is 1.87. The number of hydrogen-bond acceptors (Lipinski definition) is 2. The van der Waals surface area contributed by atoms with Crippen molar-refractivity contribution in [2.75, 3.05) is 0 Å². The van der Waals surface area contributed by atoms with E-state index in [1.54, 1.807) is 0 Å². The summed E-state index contributed by atoms with van der Waals surface area (Å²) >= 11 is 7.41. The number of hydrogen-bond donors (Lipinski definition) is 1. The summed E-state index contributed by atoms with van der Waals surface area (Å²) in [6, 6.07) is 12.0. The van der Waals surface area contributed by atoms with Crippen LogP contribution in [0.15, 0.2) is 36.4 Å². The zero-order valence-corrected chi connectivity index (χ0v) is 12.1. The Morgan fingerprint density at radius 2 is 1.67 bits per heavy atom. The van der Waals surface area contributed by atoms with E-state index >= 15 is 0 Å². The molecule has 0 radical (unpaired) electrons. The van der Waals surface area contributed by atoms with Gasteiger partial charge in [0, 0.05) is 11.3 Å². The highest BCUT2D eigenvalue weighted by atomic mass is 35.5. The Bertz CT molecular complexity index is 501. The standard InChI is InChI=1S/C15H17ClOS/c1-10(2)11-3-5-12(6-4-11)14(17)9-13-7-8-15(16)18-13/h3-8,10,14,17H,9H2,1-2H3. The molecule has 96 valence electrons. The molecule has 1 aromatic heterocycles. The Kier molecular flexibility index (Phi) is 4.44. The van der Waals surface area contributed by atoms with Crippen molar-refractivity contribution in [1.29, 1.82) is 0 Å². The first-order valence-electron chi connectivity index (χ1n) is 6.08. The highest BCUT2D eigenvalue weighted by molar-refractivity contribution is 7.16. The molecule has 1 unspecified atom stereocenters. The Morgan fingerprint density at radius 1 is 1.06 bits per heavy atom. The molecule has 0 spiro atoms. The van der Waals surface area contributed by atoms with Gasteiger partial charge in [-0.25, -0.2) is 0 Å². The first kappa shape index (κ1) is 13.6. The van der Waals surface area contributed by atoms with Crippen molar-refractivity contribution in [3.05, 3.63) is 56.7 Å². The minimum atomic E-state index is -0.457. The number of rotatable bonds is 4. The van der Waals surface area contributed by atoms with Gasteiger partial charge in [0.15, 0.2) is 0 Å². The van der Waals surface area contributed by atoms with Crippen molar-refractivity contribution in [3.63, 3.8) is 0 Å². The second kappa shape index (κ2) is 5.87. The first-order valence-corrected chi connectivity index (χ1v) is 7.28. The maximum Gasteiger partial charge on any atom is 0.0931 e. The van der Waals surface area contributed by atoms with E-state index in [9.17, 15) is 5.11 Å². The van der Waals surface area contributed by atoms with Crippen LogP contribution in [-0.4, -0.2) is 5.11 Å². The van der Waals surface area contributed by atoms with Crippen LogP contribution < -0.4 is 0 Å². The van der Waals surface area contributed by atoms with E-state index in [0.717, 1.165) is 14.8 Å². The maximum atomic E-state index is 10.2. The average Bonchev–Trinajstić information content (AvgIpc) is 2.75. The molecule has 2 rings (SSSR count). The molecular formula is C15H17ClOS. The molecule has 0 bridgehead atoms. The molecule has 0 aliphatic rings. The fourth-order valence-corrected chi connectivity index (χ4v) is 3.00. The quantitative estimate of drug-likeness (QED) is 0.853. The first-order chi connectivity index (χ1) is 8.56. The third-order valence-corrected chi connectivity index (χ3v) is 4.26. The highest BCUT2D eigenvalue weighted by Crippen LogP contribution is 2.27. The topological polar surface area (TPSA) is 20.2 Å². The predicted molar refractivity (Wildman–Crippen MR) is 78.5 cm³/mol. The van der Waals surface area contributed by atoms with Gasteiger partial charge < -0.3 is 5.11 Å². The Balaban J connectivity index is 2.06. The van der Waals surface area contributed by atoms with Gasteiger partial charge in [0.2, 0.25) is 0 Å². The van der Waals surface area contributed by atoms with E-state index in [1.807, 2.05) is 24.3 Å². The van der Waals surface area contributed by atoms with Crippen molar-refractivity contribution in [2.45, 2.75) is 32.3 Å². The van der Waals surface area contributed by atoms with Crippen LogP contribution in [0.2, 0.25) is 4.34 Å². The Labute approximate surface area is 117 Å². The summed E-state index contributed by atoms with van der Waals surface area (Å²) in [5.74, 6) is 0.521. The molecule has 0 fully saturated rings. The lowest BCUT2D eigenvalue weighted by Crippen LogP contribution is -2.00. The largest absolute Gasteiger partial charge is 0.388 e. The molecule has 0 saturated heterocycles. The minimum absolute atomic E-state index is 0.457. The zero-order valence-electron chi connectivity index (χ0n) is 10.6. The molecule has 2 aromatic rings. The molecule has 1 aromatic carbocycles. The molecule has 1 nitrogen and oxygen atoms in total. The van der Waals surface area contributed by atoms with Crippen LogP contribution in [0.1, 0.15) is 41.9 Å². The molecule has 1 N–H and O–H groups in total. The van der Waals surface area contributed by atoms with Gasteiger partial charge in [-0.1, -0.05) is 49.7 Å². The van der Waals surface area contributed by atoms with Crippen molar-refractivity contribution < 1.29 is 5.11 Å². The summed E-state index contributed by atoms with van der Waals surface area (Å²) in [5, 5.41) is 10.2. The monoisotopic (exact) mass is 280 g/mol. The van der Waals surface area contributed by atoms with E-state index in [-0.39, 0.29) is 0 Å². The Hall–Kier alpha value is -0.830. The fraction of sp³-hybridized carbons (Fsp3) is 0.333. The number of benzene rings is 1. The van der Waals surface area contributed by atoms with Gasteiger partial charge in [0.1, 0.15) is 0 Å². The summed E-state index contributed by atoms with van der Waals surface area (Å²) in [4.78, 5) is 1.11. The molecule has 0 aliphatic carbocycles. The van der Waals surface area contributed by atoms with Gasteiger partial charge >= 0.3 is 0 Å². The summed E-state index contributed by atoms with van der Waals surface area (Å²) in [5.41, 5.74) is 2.26. The van der Waals surface area contributed by atoms with Crippen LogP contribution in [0.4, 0.5) is 0 Å². The van der Waals surface area contributed by atoms with Crippen LogP contribution in [0.3, 0.4) is 0 Å². The molecule has 18 heavy (non-hydrogen) atoms. The smallest absolute Gasteiger partial charge is 0.0931 e. The van der Waals surface area contributed by atoms with E-state index < -0.39 is 6.10 Å². The molecule has 0 saturated carbocycles. The minimum Gasteiger partial charge on any atom is -0.388 e. The average molecular weight is 281 g/mol. The van der Waals surface area contributed by atoms with Gasteiger partial charge in [-0.05, 0) is 29.2 Å². The van der Waals surface area contributed by atoms with Crippen molar-refractivity contribution in [1.82, 2.24) is 0 Å². The lowest BCUT2D eigenvalue weighted by atomic mass is 9.99. The summed E-state index contributed by atoms with van der Waals surface area (Å²) in [6.45, 7) is 4.33. The number of halogens is 1. The lowest BCUT2D eigenvalue weighted by Gasteiger charge is -2.11. The molecule has 0 aliphatic heterocycles. The van der Waals surface area contributed by atoms with Crippen molar-refractivity contribution >= 4 is 22.9 Å². The van der Waals surface area contributed by atoms with Crippen molar-refractivity contribution in [3.8, 4) is 0 Å². The third kappa shape index (κ3) is 3.35. The van der Waals surface area contributed by atoms with Gasteiger partial charge in [-0.2, -0.15) is 0 Å². The molecule has 0 amide bonds. The predicted octanol–water partition coefficient (Wildman–Crippen LogP) is 4.80. The summed E-state index contributed by atoms with van der Waals surface area (Å²) in [7, 11) is 0. The van der Waals surface area contributed by atoms with E-state index in [0.29, 0.717) is 12.3 Å². The van der Waals surface area contributed by atoms with Crippen LogP contribution in [-0.2, 0) is 6.42 Å². The molecule has 1 atom stereocenters. The molecular weight excluding hydrogens is 264 g/mol. The second-order valence-corrected chi connectivity index (χ2v) is 6.55. The van der Waals surface area contributed by atoms with Crippen LogP contribution in [0.5, 0.6) is 0 Å². The number of thiophene rings is 1. The van der Waals surface area contributed by atoms with Gasteiger partial charge in [-0.3, -0.25) is 0 Å². The van der Waals surface area contributed by atoms with Gasteiger partial charge in [0.25, 0.3) is 0 Å². The van der Waals surface area contributed by atoms with Gasteiger partial charge in [-0.15, -0.1) is 11.3 Å². The molecule has 1 heterocycles. The maximum absolute atomic E-state index is 10.2. The second-order valence-electron chi connectivity index (χ2n) is 4.75. The normalized spacial score (nSPS) is 12.9.